The third kappa shape index (κ3) is 2.13. The molecule has 2 fully saturated rings. The Kier molecular flexibility index (Phi) is 3.11. The van der Waals surface area contributed by atoms with Gasteiger partial charge in [0, 0.05) is 6.54 Å². The Morgan fingerprint density at radius 1 is 1.35 bits per heavy atom. The lowest BCUT2D eigenvalue weighted by molar-refractivity contribution is -0.139. The minimum Gasteiger partial charge on any atom is -0.480 e. The first-order valence-electron chi connectivity index (χ1n) is 6.28. The highest BCUT2D eigenvalue weighted by Crippen LogP contribution is 2.45. The SMILES string of the molecule is O=C(O)C1C2CCCC2CN1c1nnc(C(F)(F)F)s1. The summed E-state index contributed by atoms with van der Waals surface area (Å²) in [6.45, 7) is 0.453. The maximum Gasteiger partial charge on any atom is 0.445 e. The maximum atomic E-state index is 12.5. The largest absolute Gasteiger partial charge is 0.480 e. The van der Waals surface area contributed by atoms with Crippen molar-refractivity contribution in [1.29, 1.82) is 0 Å². The molecular weight excluding hydrogens is 295 g/mol. The Bertz CT molecular complexity index is 533. The van der Waals surface area contributed by atoms with Crippen molar-refractivity contribution in [1.82, 2.24) is 10.2 Å². The summed E-state index contributed by atoms with van der Waals surface area (Å²) in [6.07, 6.45) is -1.82. The third-order valence-electron chi connectivity index (χ3n) is 4.05. The molecule has 0 spiro atoms. The van der Waals surface area contributed by atoms with Gasteiger partial charge < -0.3 is 10.0 Å². The number of hydrogen-bond donors (Lipinski definition) is 1. The number of aromatic nitrogens is 2. The highest BCUT2D eigenvalue weighted by atomic mass is 32.1. The highest BCUT2D eigenvalue weighted by Gasteiger charge is 2.49. The average Bonchev–Trinajstić information content (AvgIpc) is 3.01. The van der Waals surface area contributed by atoms with Gasteiger partial charge in [-0.05, 0) is 24.7 Å². The molecule has 9 heteroatoms. The molecule has 2 heterocycles. The second kappa shape index (κ2) is 4.57. The molecule has 20 heavy (non-hydrogen) atoms. The summed E-state index contributed by atoms with van der Waals surface area (Å²) < 4.78 is 37.6. The molecule has 1 aromatic rings. The Balaban J connectivity index is 1.89. The summed E-state index contributed by atoms with van der Waals surface area (Å²) >= 11 is 0.412. The van der Waals surface area contributed by atoms with Crippen LogP contribution in [0.2, 0.25) is 0 Å². The van der Waals surface area contributed by atoms with Crippen LogP contribution >= 0.6 is 11.3 Å². The number of halogens is 3. The van der Waals surface area contributed by atoms with Crippen molar-refractivity contribution in [3.8, 4) is 0 Å². The first-order chi connectivity index (χ1) is 9.38. The van der Waals surface area contributed by atoms with Crippen LogP contribution < -0.4 is 4.90 Å². The molecule has 1 aliphatic carbocycles. The zero-order valence-corrected chi connectivity index (χ0v) is 11.1. The number of anilines is 1. The second-order valence-electron chi connectivity index (χ2n) is 5.18. The first-order valence-corrected chi connectivity index (χ1v) is 7.09. The van der Waals surface area contributed by atoms with Crippen LogP contribution in [-0.4, -0.2) is 33.9 Å². The van der Waals surface area contributed by atoms with E-state index in [1.165, 1.54) is 4.90 Å². The quantitative estimate of drug-likeness (QED) is 0.907. The lowest BCUT2D eigenvalue weighted by Gasteiger charge is -2.22. The fraction of sp³-hybridized carbons (Fsp3) is 0.727. The number of nitrogens with zero attached hydrogens (tertiary/aromatic N) is 3. The summed E-state index contributed by atoms with van der Waals surface area (Å²) in [6, 6.07) is -0.781. The Morgan fingerprint density at radius 3 is 2.70 bits per heavy atom. The number of carboxylic acid groups (broad SMARTS) is 1. The van der Waals surface area contributed by atoms with Gasteiger partial charge in [-0.15, -0.1) is 10.2 Å². The van der Waals surface area contributed by atoms with Crippen molar-refractivity contribution in [2.24, 2.45) is 11.8 Å². The third-order valence-corrected chi connectivity index (χ3v) is 5.05. The van der Waals surface area contributed by atoms with Crippen molar-refractivity contribution >= 4 is 22.4 Å². The fourth-order valence-electron chi connectivity index (χ4n) is 3.26. The van der Waals surface area contributed by atoms with Gasteiger partial charge in [-0.1, -0.05) is 17.8 Å². The van der Waals surface area contributed by atoms with Gasteiger partial charge in [0.2, 0.25) is 10.1 Å². The van der Waals surface area contributed by atoms with Gasteiger partial charge >= 0.3 is 12.1 Å². The number of fused-ring (bicyclic) bond motifs is 1. The summed E-state index contributed by atoms with van der Waals surface area (Å²) in [5.41, 5.74) is 0. The molecule has 1 N–H and O–H groups in total. The summed E-state index contributed by atoms with van der Waals surface area (Å²) in [7, 11) is 0. The molecule has 0 amide bonds. The van der Waals surface area contributed by atoms with Gasteiger partial charge in [-0.3, -0.25) is 0 Å². The number of rotatable bonds is 2. The van der Waals surface area contributed by atoms with E-state index >= 15 is 0 Å². The number of hydrogen-bond acceptors (Lipinski definition) is 5. The van der Waals surface area contributed by atoms with E-state index in [1.54, 1.807) is 0 Å². The van der Waals surface area contributed by atoms with Crippen LogP contribution in [0.15, 0.2) is 0 Å². The van der Waals surface area contributed by atoms with Gasteiger partial charge in [0.1, 0.15) is 6.04 Å². The van der Waals surface area contributed by atoms with Crippen LogP contribution in [0, 0.1) is 11.8 Å². The minimum atomic E-state index is -4.54. The number of aliphatic carboxylic acids is 1. The molecule has 1 saturated carbocycles. The molecule has 3 unspecified atom stereocenters. The van der Waals surface area contributed by atoms with Gasteiger partial charge in [-0.25, -0.2) is 4.79 Å². The molecule has 2 aliphatic rings. The van der Waals surface area contributed by atoms with Crippen LogP contribution in [0.25, 0.3) is 0 Å². The Hall–Kier alpha value is -1.38. The van der Waals surface area contributed by atoms with E-state index in [9.17, 15) is 23.1 Å². The van der Waals surface area contributed by atoms with E-state index in [1.807, 2.05) is 0 Å². The van der Waals surface area contributed by atoms with Crippen molar-refractivity contribution in [2.75, 3.05) is 11.4 Å². The van der Waals surface area contributed by atoms with Gasteiger partial charge in [0.05, 0.1) is 0 Å². The molecule has 3 rings (SSSR count). The highest BCUT2D eigenvalue weighted by molar-refractivity contribution is 7.15. The van der Waals surface area contributed by atoms with E-state index < -0.39 is 23.2 Å². The molecule has 1 aromatic heterocycles. The van der Waals surface area contributed by atoms with Crippen LogP contribution in [0.5, 0.6) is 0 Å². The molecular formula is C11H12F3N3O2S. The Labute approximate surface area is 116 Å². The van der Waals surface area contributed by atoms with Crippen molar-refractivity contribution < 1.29 is 23.1 Å². The smallest absolute Gasteiger partial charge is 0.445 e. The monoisotopic (exact) mass is 307 g/mol. The second-order valence-corrected chi connectivity index (χ2v) is 6.13. The minimum absolute atomic E-state index is 0.00531. The van der Waals surface area contributed by atoms with Crippen LogP contribution in [0.1, 0.15) is 24.3 Å². The molecule has 5 nitrogen and oxygen atoms in total. The van der Waals surface area contributed by atoms with E-state index in [0.717, 1.165) is 19.3 Å². The topological polar surface area (TPSA) is 66.3 Å². The van der Waals surface area contributed by atoms with E-state index in [4.69, 9.17) is 0 Å². The van der Waals surface area contributed by atoms with Crippen LogP contribution in [0.3, 0.4) is 0 Å². The van der Waals surface area contributed by atoms with E-state index in [0.29, 0.717) is 17.9 Å². The predicted molar refractivity (Wildman–Crippen MR) is 64.5 cm³/mol. The summed E-state index contributed by atoms with van der Waals surface area (Å²) in [5.74, 6) is -0.761. The first kappa shape index (κ1) is 13.6. The fourth-order valence-corrected chi connectivity index (χ4v) is 4.02. The molecule has 3 atom stereocenters. The molecule has 1 saturated heterocycles. The van der Waals surface area contributed by atoms with Crippen molar-refractivity contribution in [3.63, 3.8) is 0 Å². The Morgan fingerprint density at radius 2 is 2.10 bits per heavy atom. The van der Waals surface area contributed by atoms with Gasteiger partial charge in [0.15, 0.2) is 0 Å². The van der Waals surface area contributed by atoms with Gasteiger partial charge in [0.25, 0.3) is 0 Å². The average molecular weight is 307 g/mol. The number of carboxylic acids is 1. The summed E-state index contributed by atoms with van der Waals surface area (Å²) in [4.78, 5) is 12.9. The zero-order valence-electron chi connectivity index (χ0n) is 10.3. The van der Waals surface area contributed by atoms with Crippen LogP contribution in [-0.2, 0) is 11.0 Å². The zero-order chi connectivity index (χ0) is 14.5. The standard InChI is InChI=1S/C11H12F3N3O2S/c12-11(13,14)9-15-16-10(20-9)17-4-5-2-1-3-6(5)7(17)8(18)19/h5-7H,1-4H2,(H,18,19). The predicted octanol–water partition coefficient (Wildman–Crippen LogP) is 2.25. The molecule has 0 radical (unpaired) electrons. The van der Waals surface area contributed by atoms with E-state index in [-0.39, 0.29) is 17.0 Å². The molecule has 0 bridgehead atoms. The van der Waals surface area contributed by atoms with Gasteiger partial charge in [-0.2, -0.15) is 13.2 Å². The number of alkyl halides is 3. The molecule has 0 aromatic carbocycles. The van der Waals surface area contributed by atoms with Crippen molar-refractivity contribution in [2.45, 2.75) is 31.5 Å². The summed E-state index contributed by atoms with van der Waals surface area (Å²) in [5, 5.41) is 15.0. The lowest BCUT2D eigenvalue weighted by atomic mass is 9.94. The molecule has 110 valence electrons. The lowest BCUT2D eigenvalue weighted by Crippen LogP contribution is -2.39. The molecule has 1 aliphatic heterocycles. The normalized spacial score (nSPS) is 29.8. The van der Waals surface area contributed by atoms with E-state index in [2.05, 4.69) is 10.2 Å². The van der Waals surface area contributed by atoms with Crippen molar-refractivity contribution in [3.05, 3.63) is 5.01 Å². The number of carbonyl (C=O) groups is 1. The van der Waals surface area contributed by atoms with Crippen LogP contribution in [0.4, 0.5) is 18.3 Å². The maximum absolute atomic E-state index is 12.5.